The minimum Gasteiger partial charge on any atom is -0.452 e. The number of rotatable bonds is 6. The lowest BCUT2D eigenvalue weighted by Gasteiger charge is -2.23. The molecule has 1 saturated carbocycles. The third-order valence-electron chi connectivity index (χ3n) is 4.73. The Morgan fingerprint density at radius 2 is 1.77 bits per heavy atom. The van der Waals surface area contributed by atoms with Gasteiger partial charge >= 0.3 is 12.0 Å². The summed E-state index contributed by atoms with van der Waals surface area (Å²) in [4.78, 5) is 36.5. The summed E-state index contributed by atoms with van der Waals surface area (Å²) in [6, 6.07) is 8.89. The first-order chi connectivity index (χ1) is 12.5. The SMILES string of the molecule is CC[C@@H](C(=O)O[C@H](C)C(=O)NC(=O)NC1CCCCC1)c1ccccc1. The lowest BCUT2D eigenvalue weighted by molar-refractivity contribution is -0.156. The van der Waals surface area contributed by atoms with E-state index in [4.69, 9.17) is 4.74 Å². The number of carbonyl (C=O) groups is 3. The minimum absolute atomic E-state index is 0.108. The van der Waals surface area contributed by atoms with Crippen LogP contribution in [0.5, 0.6) is 0 Å². The predicted octanol–water partition coefficient (Wildman–Crippen LogP) is 3.27. The largest absolute Gasteiger partial charge is 0.452 e. The molecule has 0 saturated heterocycles. The van der Waals surface area contributed by atoms with Crippen molar-refractivity contribution in [2.45, 2.75) is 70.4 Å². The normalized spacial score (nSPS) is 17.0. The molecule has 2 N–H and O–H groups in total. The van der Waals surface area contributed by atoms with Crippen LogP contribution in [0.4, 0.5) is 4.79 Å². The third kappa shape index (κ3) is 5.86. The van der Waals surface area contributed by atoms with Crippen LogP contribution in [0.1, 0.15) is 63.9 Å². The van der Waals surface area contributed by atoms with Crippen molar-refractivity contribution in [1.29, 1.82) is 0 Å². The van der Waals surface area contributed by atoms with Gasteiger partial charge in [-0.2, -0.15) is 0 Å². The summed E-state index contributed by atoms with van der Waals surface area (Å²) in [7, 11) is 0. The minimum atomic E-state index is -1.03. The van der Waals surface area contributed by atoms with Crippen molar-refractivity contribution >= 4 is 17.9 Å². The predicted molar refractivity (Wildman–Crippen MR) is 98.6 cm³/mol. The van der Waals surface area contributed by atoms with Crippen LogP contribution < -0.4 is 10.6 Å². The molecule has 3 amide bonds. The Labute approximate surface area is 154 Å². The van der Waals surface area contributed by atoms with Gasteiger partial charge in [0.15, 0.2) is 6.10 Å². The van der Waals surface area contributed by atoms with E-state index in [9.17, 15) is 14.4 Å². The van der Waals surface area contributed by atoms with Gasteiger partial charge in [0.05, 0.1) is 5.92 Å². The van der Waals surface area contributed by atoms with Crippen LogP contribution >= 0.6 is 0 Å². The van der Waals surface area contributed by atoms with E-state index in [1.807, 2.05) is 37.3 Å². The highest BCUT2D eigenvalue weighted by molar-refractivity contribution is 5.97. The summed E-state index contributed by atoms with van der Waals surface area (Å²) in [6.45, 7) is 3.36. The second kappa shape index (κ2) is 9.94. The number of urea groups is 1. The Kier molecular flexibility index (Phi) is 7.63. The summed E-state index contributed by atoms with van der Waals surface area (Å²) in [5, 5.41) is 5.07. The maximum Gasteiger partial charge on any atom is 0.321 e. The molecule has 6 heteroatoms. The lowest BCUT2D eigenvalue weighted by atomic mass is 9.96. The van der Waals surface area contributed by atoms with Crippen LogP contribution in [-0.4, -0.2) is 30.1 Å². The maximum atomic E-state index is 12.4. The van der Waals surface area contributed by atoms with Gasteiger partial charge in [0.1, 0.15) is 0 Å². The number of esters is 1. The number of carbonyl (C=O) groups excluding carboxylic acids is 3. The first-order valence-electron chi connectivity index (χ1n) is 9.38. The molecule has 1 aromatic rings. The first kappa shape index (κ1) is 19.9. The van der Waals surface area contributed by atoms with E-state index in [0.717, 1.165) is 31.2 Å². The fraction of sp³-hybridized carbons (Fsp3) is 0.550. The van der Waals surface area contributed by atoms with Gasteiger partial charge in [-0.15, -0.1) is 0 Å². The van der Waals surface area contributed by atoms with E-state index < -0.39 is 29.9 Å². The van der Waals surface area contributed by atoms with Crippen LogP contribution in [0.2, 0.25) is 0 Å². The van der Waals surface area contributed by atoms with Crippen LogP contribution in [0, 0.1) is 0 Å². The van der Waals surface area contributed by atoms with Gasteiger partial charge in [0, 0.05) is 6.04 Å². The lowest BCUT2D eigenvalue weighted by Crippen LogP contribution is -2.48. The van der Waals surface area contributed by atoms with Crippen LogP contribution in [0.25, 0.3) is 0 Å². The van der Waals surface area contributed by atoms with Crippen molar-refractivity contribution in [3.05, 3.63) is 35.9 Å². The van der Waals surface area contributed by atoms with E-state index in [1.54, 1.807) is 0 Å². The molecule has 0 spiro atoms. The van der Waals surface area contributed by atoms with Crippen molar-refractivity contribution in [3.8, 4) is 0 Å². The second-order valence-corrected chi connectivity index (χ2v) is 6.75. The first-order valence-corrected chi connectivity index (χ1v) is 9.38. The summed E-state index contributed by atoms with van der Waals surface area (Å²) < 4.78 is 5.28. The molecule has 142 valence electrons. The smallest absolute Gasteiger partial charge is 0.321 e. The van der Waals surface area contributed by atoms with Crippen LogP contribution in [-0.2, 0) is 14.3 Å². The molecule has 0 aliphatic heterocycles. The van der Waals surface area contributed by atoms with Gasteiger partial charge in [0.2, 0.25) is 0 Å². The summed E-state index contributed by atoms with van der Waals surface area (Å²) in [5.41, 5.74) is 0.850. The number of amides is 3. The van der Waals surface area contributed by atoms with E-state index >= 15 is 0 Å². The highest BCUT2D eigenvalue weighted by Gasteiger charge is 2.26. The molecule has 1 aliphatic carbocycles. The van der Waals surface area contributed by atoms with Gasteiger partial charge in [-0.05, 0) is 31.7 Å². The van der Waals surface area contributed by atoms with Gasteiger partial charge in [-0.1, -0.05) is 56.5 Å². The number of nitrogens with one attached hydrogen (secondary N) is 2. The molecule has 1 aromatic carbocycles. The van der Waals surface area contributed by atoms with Gasteiger partial charge in [-0.3, -0.25) is 14.9 Å². The van der Waals surface area contributed by atoms with E-state index in [1.165, 1.54) is 13.3 Å². The highest BCUT2D eigenvalue weighted by atomic mass is 16.5. The van der Waals surface area contributed by atoms with Crippen molar-refractivity contribution < 1.29 is 19.1 Å². The maximum absolute atomic E-state index is 12.4. The number of benzene rings is 1. The fourth-order valence-corrected chi connectivity index (χ4v) is 3.22. The zero-order valence-electron chi connectivity index (χ0n) is 15.5. The molecule has 0 heterocycles. The Balaban J connectivity index is 1.83. The Morgan fingerprint density at radius 3 is 2.38 bits per heavy atom. The quantitative estimate of drug-likeness (QED) is 0.763. The zero-order valence-corrected chi connectivity index (χ0v) is 15.5. The highest BCUT2D eigenvalue weighted by Crippen LogP contribution is 2.21. The standard InChI is InChI=1S/C20H28N2O4/c1-3-17(15-10-6-4-7-11-15)19(24)26-14(2)18(23)22-20(25)21-16-12-8-5-9-13-16/h4,6-7,10-11,14,16-17H,3,5,8-9,12-13H2,1-2H3,(H2,21,22,23,25)/t14-,17-/m1/s1. The molecular weight excluding hydrogens is 332 g/mol. The molecule has 26 heavy (non-hydrogen) atoms. The number of imide groups is 1. The van der Waals surface area contributed by atoms with Crippen molar-refractivity contribution in [1.82, 2.24) is 10.6 Å². The Bertz CT molecular complexity index is 611. The second-order valence-electron chi connectivity index (χ2n) is 6.75. The Morgan fingerprint density at radius 1 is 1.12 bits per heavy atom. The number of hydrogen-bond acceptors (Lipinski definition) is 4. The van der Waals surface area contributed by atoms with E-state index in [0.29, 0.717) is 6.42 Å². The van der Waals surface area contributed by atoms with Gasteiger partial charge < -0.3 is 10.1 Å². The zero-order chi connectivity index (χ0) is 18.9. The Hall–Kier alpha value is -2.37. The number of hydrogen-bond donors (Lipinski definition) is 2. The van der Waals surface area contributed by atoms with Crippen molar-refractivity contribution in [3.63, 3.8) is 0 Å². The summed E-state index contributed by atoms with van der Waals surface area (Å²) in [5.74, 6) is -1.51. The molecule has 2 rings (SSSR count). The molecule has 0 radical (unpaired) electrons. The topological polar surface area (TPSA) is 84.5 Å². The summed E-state index contributed by atoms with van der Waals surface area (Å²) >= 11 is 0. The molecule has 1 aliphatic rings. The van der Waals surface area contributed by atoms with Gasteiger partial charge in [0.25, 0.3) is 5.91 Å². The van der Waals surface area contributed by atoms with Crippen molar-refractivity contribution in [2.75, 3.05) is 0 Å². The molecule has 1 fully saturated rings. The fourth-order valence-electron chi connectivity index (χ4n) is 3.22. The average molecular weight is 360 g/mol. The summed E-state index contributed by atoms with van der Waals surface area (Å²) in [6.07, 6.45) is 4.76. The number of ether oxygens (including phenoxy) is 1. The van der Waals surface area contributed by atoms with E-state index in [2.05, 4.69) is 10.6 Å². The molecule has 2 atom stereocenters. The molecule has 0 bridgehead atoms. The van der Waals surface area contributed by atoms with Gasteiger partial charge in [-0.25, -0.2) is 4.79 Å². The monoisotopic (exact) mass is 360 g/mol. The molecular formula is C20H28N2O4. The van der Waals surface area contributed by atoms with Crippen molar-refractivity contribution in [2.24, 2.45) is 0 Å². The molecule has 6 nitrogen and oxygen atoms in total. The third-order valence-corrected chi connectivity index (χ3v) is 4.73. The van der Waals surface area contributed by atoms with E-state index in [-0.39, 0.29) is 6.04 Å². The van der Waals surface area contributed by atoms with Crippen LogP contribution in [0.3, 0.4) is 0 Å². The van der Waals surface area contributed by atoms with Crippen LogP contribution in [0.15, 0.2) is 30.3 Å². The molecule has 0 aromatic heterocycles. The average Bonchev–Trinajstić information content (AvgIpc) is 2.63. The molecule has 0 unspecified atom stereocenters.